The summed E-state index contributed by atoms with van der Waals surface area (Å²) in [5.41, 5.74) is 6.28. The van der Waals surface area contributed by atoms with Crippen LogP contribution in [0.4, 0.5) is 0 Å². The number of sulfonamides is 1. The van der Waals surface area contributed by atoms with E-state index < -0.39 is 16.0 Å². The molecule has 106 valence electrons. The highest BCUT2D eigenvalue weighted by Gasteiger charge is 2.11. The monoisotopic (exact) mass is 286 g/mol. The zero-order valence-corrected chi connectivity index (χ0v) is 11.6. The van der Waals surface area contributed by atoms with Crippen molar-refractivity contribution in [2.75, 3.05) is 20.2 Å². The molecule has 0 fully saturated rings. The lowest BCUT2D eigenvalue weighted by atomic mass is 10.1. The van der Waals surface area contributed by atoms with Gasteiger partial charge in [0.1, 0.15) is 0 Å². The van der Waals surface area contributed by atoms with Crippen LogP contribution < -0.4 is 10.5 Å². The Bertz CT molecular complexity index is 511. The van der Waals surface area contributed by atoms with Crippen molar-refractivity contribution in [3.63, 3.8) is 0 Å². The first kappa shape index (κ1) is 15.6. The van der Waals surface area contributed by atoms with Crippen LogP contribution in [0.15, 0.2) is 24.3 Å². The Balaban J connectivity index is 2.64. The third-order valence-corrected chi connectivity index (χ3v) is 3.79. The summed E-state index contributed by atoms with van der Waals surface area (Å²) in [6, 6.07) is 6.26. The number of methoxy groups -OCH3 is 1. The van der Waals surface area contributed by atoms with Gasteiger partial charge in [-0.25, -0.2) is 17.9 Å². The molecule has 7 heteroatoms. The number of nitrogens with two attached hydrogens (primary N) is 1. The molecule has 0 heterocycles. The average Bonchev–Trinajstić information content (AvgIpc) is 2.38. The molecule has 0 saturated carbocycles. The van der Waals surface area contributed by atoms with E-state index in [2.05, 4.69) is 9.46 Å². The molecular formula is C12H18N2O4S. The molecule has 0 aliphatic rings. The number of nitrogens with one attached hydrogen (secondary N) is 1. The van der Waals surface area contributed by atoms with Gasteiger partial charge < -0.3 is 10.5 Å². The van der Waals surface area contributed by atoms with Gasteiger partial charge in [0.05, 0.1) is 18.4 Å². The molecule has 1 aromatic rings. The SMILES string of the molecule is COC(=O)c1ccc(CS(=O)(=O)NCCCN)cc1. The molecule has 0 unspecified atom stereocenters. The van der Waals surface area contributed by atoms with Gasteiger partial charge in [0.2, 0.25) is 10.0 Å². The summed E-state index contributed by atoms with van der Waals surface area (Å²) < 4.78 is 30.4. The first-order chi connectivity index (χ1) is 8.98. The molecule has 0 aliphatic heterocycles. The normalized spacial score (nSPS) is 11.3. The van der Waals surface area contributed by atoms with Gasteiger partial charge >= 0.3 is 5.97 Å². The van der Waals surface area contributed by atoms with Gasteiger partial charge in [-0.2, -0.15) is 0 Å². The zero-order chi connectivity index (χ0) is 14.3. The Morgan fingerprint density at radius 1 is 1.32 bits per heavy atom. The summed E-state index contributed by atoms with van der Waals surface area (Å²) in [5, 5.41) is 0. The molecule has 0 spiro atoms. The van der Waals surface area contributed by atoms with Crippen LogP contribution in [0.25, 0.3) is 0 Å². The van der Waals surface area contributed by atoms with Gasteiger partial charge in [-0.1, -0.05) is 12.1 Å². The first-order valence-corrected chi connectivity index (χ1v) is 7.48. The van der Waals surface area contributed by atoms with Crippen molar-refractivity contribution in [1.82, 2.24) is 4.72 Å². The van der Waals surface area contributed by atoms with Gasteiger partial charge in [0, 0.05) is 6.54 Å². The van der Waals surface area contributed by atoms with Crippen LogP contribution in [0.1, 0.15) is 22.3 Å². The molecule has 0 amide bonds. The topological polar surface area (TPSA) is 98.5 Å². The highest BCUT2D eigenvalue weighted by atomic mass is 32.2. The number of esters is 1. The summed E-state index contributed by atoms with van der Waals surface area (Å²) in [4.78, 5) is 11.2. The molecule has 1 rings (SSSR count). The van der Waals surface area contributed by atoms with Crippen LogP contribution in [0.2, 0.25) is 0 Å². The Morgan fingerprint density at radius 3 is 2.47 bits per heavy atom. The quantitative estimate of drug-likeness (QED) is 0.552. The number of carbonyl (C=O) groups is 1. The molecule has 6 nitrogen and oxygen atoms in total. The fourth-order valence-electron chi connectivity index (χ4n) is 1.46. The predicted molar refractivity (Wildman–Crippen MR) is 72.1 cm³/mol. The van der Waals surface area contributed by atoms with Crippen molar-refractivity contribution in [1.29, 1.82) is 0 Å². The standard InChI is InChI=1S/C12H18N2O4S/c1-18-12(15)11-5-3-10(4-6-11)9-19(16,17)14-8-2-7-13/h3-6,14H,2,7-9,13H2,1H3. The average molecular weight is 286 g/mol. The van der Waals surface area contributed by atoms with Gasteiger partial charge in [-0.05, 0) is 30.7 Å². The van der Waals surface area contributed by atoms with Gasteiger partial charge in [0.25, 0.3) is 0 Å². The summed E-state index contributed by atoms with van der Waals surface area (Å²) in [5.74, 6) is -0.575. The number of benzene rings is 1. The van der Waals surface area contributed by atoms with Crippen LogP contribution in [0.5, 0.6) is 0 Å². The number of hydrogen-bond acceptors (Lipinski definition) is 5. The molecule has 0 radical (unpaired) electrons. The second kappa shape index (κ2) is 7.22. The van der Waals surface area contributed by atoms with Gasteiger partial charge in [0.15, 0.2) is 0 Å². The van der Waals surface area contributed by atoms with Gasteiger partial charge in [-0.15, -0.1) is 0 Å². The van der Waals surface area contributed by atoms with Crippen LogP contribution in [0.3, 0.4) is 0 Å². The van der Waals surface area contributed by atoms with Crippen LogP contribution in [-0.2, 0) is 20.5 Å². The van der Waals surface area contributed by atoms with E-state index in [-0.39, 0.29) is 5.75 Å². The van der Waals surface area contributed by atoms with Crippen molar-refractivity contribution in [2.24, 2.45) is 5.73 Å². The van der Waals surface area contributed by atoms with E-state index in [1.54, 1.807) is 12.1 Å². The second-order valence-corrected chi connectivity index (χ2v) is 5.79. The maximum atomic E-state index is 11.7. The fourth-order valence-corrected chi connectivity index (χ4v) is 2.64. The maximum Gasteiger partial charge on any atom is 0.337 e. The van der Waals surface area contributed by atoms with E-state index in [4.69, 9.17) is 5.73 Å². The van der Waals surface area contributed by atoms with E-state index in [0.29, 0.717) is 30.6 Å². The number of hydrogen-bond donors (Lipinski definition) is 2. The number of rotatable bonds is 7. The van der Waals surface area contributed by atoms with Crippen molar-refractivity contribution >= 4 is 16.0 Å². The van der Waals surface area contributed by atoms with Crippen molar-refractivity contribution in [3.05, 3.63) is 35.4 Å². The smallest absolute Gasteiger partial charge is 0.337 e. The first-order valence-electron chi connectivity index (χ1n) is 5.83. The molecular weight excluding hydrogens is 268 g/mol. The maximum absolute atomic E-state index is 11.7. The van der Waals surface area contributed by atoms with Crippen LogP contribution in [-0.4, -0.2) is 34.6 Å². The highest BCUT2D eigenvalue weighted by molar-refractivity contribution is 7.88. The molecule has 3 N–H and O–H groups in total. The number of ether oxygens (including phenoxy) is 1. The summed E-state index contributed by atoms with van der Waals surface area (Å²) >= 11 is 0. The fraction of sp³-hybridized carbons (Fsp3) is 0.417. The Labute approximate surface area is 113 Å². The van der Waals surface area contributed by atoms with Crippen LogP contribution >= 0.6 is 0 Å². The summed E-state index contributed by atoms with van der Waals surface area (Å²) in [6.45, 7) is 0.773. The Kier molecular flexibility index (Phi) is 5.94. The molecule has 0 aromatic heterocycles. The molecule has 19 heavy (non-hydrogen) atoms. The van der Waals surface area contributed by atoms with Crippen molar-refractivity contribution in [2.45, 2.75) is 12.2 Å². The Morgan fingerprint density at radius 2 is 1.95 bits per heavy atom. The lowest BCUT2D eigenvalue weighted by Crippen LogP contribution is -2.27. The molecule has 0 aliphatic carbocycles. The second-order valence-electron chi connectivity index (χ2n) is 3.98. The lowest BCUT2D eigenvalue weighted by molar-refractivity contribution is 0.0600. The third-order valence-electron chi connectivity index (χ3n) is 2.43. The molecule has 0 saturated heterocycles. The zero-order valence-electron chi connectivity index (χ0n) is 10.8. The largest absolute Gasteiger partial charge is 0.465 e. The van der Waals surface area contributed by atoms with E-state index in [9.17, 15) is 13.2 Å². The highest BCUT2D eigenvalue weighted by Crippen LogP contribution is 2.08. The van der Waals surface area contributed by atoms with Gasteiger partial charge in [-0.3, -0.25) is 0 Å². The minimum absolute atomic E-state index is 0.126. The van der Waals surface area contributed by atoms with Crippen molar-refractivity contribution < 1.29 is 17.9 Å². The molecule has 1 aromatic carbocycles. The van der Waals surface area contributed by atoms with Crippen LogP contribution in [0, 0.1) is 0 Å². The number of carbonyl (C=O) groups excluding carboxylic acids is 1. The third kappa shape index (κ3) is 5.37. The van der Waals surface area contributed by atoms with E-state index >= 15 is 0 Å². The molecule has 0 atom stereocenters. The van der Waals surface area contributed by atoms with E-state index in [0.717, 1.165) is 0 Å². The minimum Gasteiger partial charge on any atom is -0.465 e. The predicted octanol–water partition coefficient (Wildman–Crippen LogP) is 0.241. The minimum atomic E-state index is -3.37. The Hall–Kier alpha value is -1.44. The van der Waals surface area contributed by atoms with Crippen molar-refractivity contribution in [3.8, 4) is 0 Å². The van der Waals surface area contributed by atoms with E-state index in [1.165, 1.54) is 19.2 Å². The summed E-state index contributed by atoms with van der Waals surface area (Å²) in [7, 11) is -2.07. The summed E-state index contributed by atoms with van der Waals surface area (Å²) in [6.07, 6.45) is 0.598. The molecule has 0 bridgehead atoms. The van der Waals surface area contributed by atoms with E-state index in [1.807, 2.05) is 0 Å². The lowest BCUT2D eigenvalue weighted by Gasteiger charge is -2.06.